The molecular formula is C13H25NO. The third-order valence-corrected chi connectivity index (χ3v) is 3.67. The first kappa shape index (κ1) is 12.5. The standard InChI is InChI=1S/C13H25NO/c1-5-10(6-2)12(15)14-11-7-8-13(3,4)9-11/h10-11H,5-9H2,1-4H3,(H,14,15). The van der Waals surface area contributed by atoms with Crippen LogP contribution in [0.15, 0.2) is 0 Å². The third kappa shape index (κ3) is 3.51. The van der Waals surface area contributed by atoms with Crippen LogP contribution in [0, 0.1) is 11.3 Å². The van der Waals surface area contributed by atoms with E-state index in [1.54, 1.807) is 0 Å². The van der Waals surface area contributed by atoms with E-state index in [9.17, 15) is 4.79 Å². The van der Waals surface area contributed by atoms with E-state index in [1.165, 1.54) is 6.42 Å². The second kappa shape index (κ2) is 5.00. The van der Waals surface area contributed by atoms with Crippen molar-refractivity contribution in [2.45, 2.75) is 65.8 Å². The van der Waals surface area contributed by atoms with Gasteiger partial charge >= 0.3 is 0 Å². The van der Waals surface area contributed by atoms with Crippen molar-refractivity contribution in [2.75, 3.05) is 0 Å². The Labute approximate surface area is 93.8 Å². The molecule has 1 atom stereocenters. The van der Waals surface area contributed by atoms with Crippen molar-refractivity contribution in [2.24, 2.45) is 11.3 Å². The summed E-state index contributed by atoms with van der Waals surface area (Å²) in [6, 6.07) is 0.424. The van der Waals surface area contributed by atoms with Gasteiger partial charge in [0, 0.05) is 12.0 Å². The zero-order chi connectivity index (χ0) is 11.5. The molecule has 1 aliphatic rings. The first-order valence-electron chi connectivity index (χ1n) is 6.29. The Hall–Kier alpha value is -0.530. The normalized spacial score (nSPS) is 24.5. The highest BCUT2D eigenvalue weighted by molar-refractivity contribution is 5.78. The van der Waals surface area contributed by atoms with Crippen LogP contribution < -0.4 is 5.32 Å². The molecule has 1 rings (SSSR count). The summed E-state index contributed by atoms with van der Waals surface area (Å²) in [4.78, 5) is 11.9. The number of carbonyl (C=O) groups is 1. The molecule has 1 fully saturated rings. The Morgan fingerprint density at radius 1 is 1.40 bits per heavy atom. The zero-order valence-corrected chi connectivity index (χ0v) is 10.6. The lowest BCUT2D eigenvalue weighted by atomic mass is 9.91. The molecule has 2 heteroatoms. The van der Waals surface area contributed by atoms with Gasteiger partial charge in [0.05, 0.1) is 0 Å². The molecule has 0 bridgehead atoms. The van der Waals surface area contributed by atoms with E-state index in [1.807, 2.05) is 0 Å². The first-order valence-corrected chi connectivity index (χ1v) is 6.29. The highest BCUT2D eigenvalue weighted by atomic mass is 16.1. The number of hydrogen-bond acceptors (Lipinski definition) is 1. The molecule has 0 aromatic heterocycles. The van der Waals surface area contributed by atoms with E-state index in [2.05, 4.69) is 33.0 Å². The minimum absolute atomic E-state index is 0.216. The van der Waals surface area contributed by atoms with E-state index in [-0.39, 0.29) is 11.8 Å². The lowest BCUT2D eigenvalue weighted by Crippen LogP contribution is -2.37. The molecule has 0 spiro atoms. The zero-order valence-electron chi connectivity index (χ0n) is 10.6. The van der Waals surface area contributed by atoms with Crippen LogP contribution in [0.5, 0.6) is 0 Å². The lowest BCUT2D eigenvalue weighted by molar-refractivity contribution is -0.125. The largest absolute Gasteiger partial charge is 0.353 e. The highest BCUT2D eigenvalue weighted by Gasteiger charge is 2.32. The van der Waals surface area contributed by atoms with Crippen LogP contribution in [-0.2, 0) is 4.79 Å². The molecule has 0 heterocycles. The minimum atomic E-state index is 0.216. The van der Waals surface area contributed by atoms with Crippen LogP contribution in [0.3, 0.4) is 0 Å². The van der Waals surface area contributed by atoms with E-state index >= 15 is 0 Å². The molecule has 0 aromatic rings. The Morgan fingerprint density at radius 3 is 2.40 bits per heavy atom. The molecule has 15 heavy (non-hydrogen) atoms. The second-order valence-corrected chi connectivity index (χ2v) is 5.63. The summed E-state index contributed by atoms with van der Waals surface area (Å²) in [6.07, 6.45) is 5.44. The maximum absolute atomic E-state index is 11.9. The van der Waals surface area contributed by atoms with E-state index in [0.717, 1.165) is 25.7 Å². The highest BCUT2D eigenvalue weighted by Crippen LogP contribution is 2.37. The number of hydrogen-bond donors (Lipinski definition) is 1. The maximum atomic E-state index is 11.9. The summed E-state index contributed by atoms with van der Waals surface area (Å²) in [5.41, 5.74) is 0.422. The van der Waals surface area contributed by atoms with Crippen molar-refractivity contribution in [3.63, 3.8) is 0 Å². The number of rotatable bonds is 4. The summed E-state index contributed by atoms with van der Waals surface area (Å²) in [7, 11) is 0. The number of nitrogens with one attached hydrogen (secondary N) is 1. The summed E-state index contributed by atoms with van der Waals surface area (Å²) in [6.45, 7) is 8.76. The van der Waals surface area contributed by atoms with Gasteiger partial charge in [0.1, 0.15) is 0 Å². The van der Waals surface area contributed by atoms with E-state index in [0.29, 0.717) is 11.5 Å². The molecular weight excluding hydrogens is 186 g/mol. The fourth-order valence-corrected chi connectivity index (χ4v) is 2.54. The van der Waals surface area contributed by atoms with Gasteiger partial charge in [0.2, 0.25) is 5.91 Å². The van der Waals surface area contributed by atoms with Crippen LogP contribution in [0.4, 0.5) is 0 Å². The first-order chi connectivity index (χ1) is 6.98. The third-order valence-electron chi connectivity index (χ3n) is 3.67. The van der Waals surface area contributed by atoms with Gasteiger partial charge in [-0.25, -0.2) is 0 Å². The molecule has 0 aromatic carbocycles. The van der Waals surface area contributed by atoms with Gasteiger partial charge in [-0.15, -0.1) is 0 Å². The summed E-state index contributed by atoms with van der Waals surface area (Å²) in [5, 5.41) is 3.20. The van der Waals surface area contributed by atoms with Crippen molar-refractivity contribution in [3.8, 4) is 0 Å². The van der Waals surface area contributed by atoms with Gasteiger partial charge in [-0.05, 0) is 37.5 Å². The Bertz CT molecular complexity index is 219. The quantitative estimate of drug-likeness (QED) is 0.760. The summed E-state index contributed by atoms with van der Waals surface area (Å²) in [5.74, 6) is 0.483. The molecule has 88 valence electrons. The lowest BCUT2D eigenvalue weighted by Gasteiger charge is -2.20. The van der Waals surface area contributed by atoms with Gasteiger partial charge in [0.15, 0.2) is 0 Å². The monoisotopic (exact) mass is 211 g/mol. The van der Waals surface area contributed by atoms with Crippen LogP contribution in [-0.4, -0.2) is 11.9 Å². The van der Waals surface area contributed by atoms with Crippen molar-refractivity contribution < 1.29 is 4.79 Å². The Kier molecular flexibility index (Phi) is 4.18. The maximum Gasteiger partial charge on any atom is 0.223 e. The van der Waals surface area contributed by atoms with Gasteiger partial charge in [-0.3, -0.25) is 4.79 Å². The van der Waals surface area contributed by atoms with Crippen molar-refractivity contribution >= 4 is 5.91 Å². The second-order valence-electron chi connectivity index (χ2n) is 5.63. The fraction of sp³-hybridized carbons (Fsp3) is 0.923. The van der Waals surface area contributed by atoms with E-state index < -0.39 is 0 Å². The molecule has 0 radical (unpaired) electrons. The average molecular weight is 211 g/mol. The van der Waals surface area contributed by atoms with Crippen LogP contribution in [0.1, 0.15) is 59.8 Å². The predicted octanol–water partition coefficient (Wildman–Crippen LogP) is 3.12. The summed E-state index contributed by atoms with van der Waals surface area (Å²) >= 11 is 0. The molecule has 1 amide bonds. The van der Waals surface area contributed by atoms with E-state index in [4.69, 9.17) is 0 Å². The molecule has 1 saturated carbocycles. The molecule has 0 saturated heterocycles. The van der Waals surface area contributed by atoms with Gasteiger partial charge in [-0.1, -0.05) is 27.7 Å². The number of carbonyl (C=O) groups excluding carboxylic acids is 1. The smallest absolute Gasteiger partial charge is 0.223 e. The van der Waals surface area contributed by atoms with Gasteiger partial charge < -0.3 is 5.32 Å². The minimum Gasteiger partial charge on any atom is -0.353 e. The van der Waals surface area contributed by atoms with Gasteiger partial charge in [-0.2, -0.15) is 0 Å². The molecule has 1 N–H and O–H groups in total. The Balaban J connectivity index is 2.39. The SMILES string of the molecule is CCC(CC)C(=O)NC1CCC(C)(C)C1. The van der Waals surface area contributed by atoms with Crippen LogP contribution in [0.2, 0.25) is 0 Å². The van der Waals surface area contributed by atoms with Crippen molar-refractivity contribution in [1.82, 2.24) is 5.32 Å². The molecule has 2 nitrogen and oxygen atoms in total. The molecule has 1 unspecified atom stereocenters. The van der Waals surface area contributed by atoms with Crippen molar-refractivity contribution in [3.05, 3.63) is 0 Å². The van der Waals surface area contributed by atoms with Crippen LogP contribution in [0.25, 0.3) is 0 Å². The molecule has 1 aliphatic carbocycles. The number of amides is 1. The fourth-order valence-electron chi connectivity index (χ4n) is 2.54. The Morgan fingerprint density at radius 2 is 2.00 bits per heavy atom. The van der Waals surface area contributed by atoms with Crippen LogP contribution >= 0.6 is 0 Å². The average Bonchev–Trinajstić information content (AvgIpc) is 2.47. The van der Waals surface area contributed by atoms with Gasteiger partial charge in [0.25, 0.3) is 0 Å². The summed E-state index contributed by atoms with van der Waals surface area (Å²) < 4.78 is 0. The van der Waals surface area contributed by atoms with Crippen molar-refractivity contribution in [1.29, 1.82) is 0 Å². The molecule has 0 aliphatic heterocycles. The topological polar surface area (TPSA) is 29.1 Å². The predicted molar refractivity (Wildman–Crippen MR) is 63.6 cm³/mol.